The van der Waals surface area contributed by atoms with Crippen LogP contribution in [0.15, 0.2) is 0 Å². The average molecular weight is 279 g/mol. The van der Waals surface area contributed by atoms with E-state index in [9.17, 15) is 9.59 Å². The quantitative estimate of drug-likeness (QED) is 0.764. The Bertz CT molecular complexity index is 453. The van der Waals surface area contributed by atoms with Crippen molar-refractivity contribution in [3.8, 4) is 0 Å². The highest BCUT2D eigenvalue weighted by molar-refractivity contribution is 5.78. The summed E-state index contributed by atoms with van der Waals surface area (Å²) in [5, 5.41) is 12.3. The molecule has 6 heteroatoms. The third-order valence-electron chi connectivity index (χ3n) is 5.74. The number of carbonyl (C=O) groups excluding carboxylic acids is 1. The molecule has 0 aromatic heterocycles. The molecule has 2 amide bonds. The zero-order valence-corrected chi connectivity index (χ0v) is 11.5. The maximum Gasteiger partial charge on any atom is 0.320 e. The zero-order chi connectivity index (χ0) is 13.9. The summed E-state index contributed by atoms with van der Waals surface area (Å²) in [5.41, 5.74) is 0.245. The van der Waals surface area contributed by atoms with Crippen molar-refractivity contribution in [1.82, 2.24) is 15.1 Å². The highest BCUT2D eigenvalue weighted by atomic mass is 16.4. The molecule has 2 N–H and O–H groups in total. The fraction of sp³-hybridized carbons (Fsp3) is 0.857. The number of carboxylic acid groups (broad SMARTS) is 1. The minimum Gasteiger partial charge on any atom is -0.481 e. The molecule has 0 aromatic carbocycles. The van der Waals surface area contributed by atoms with E-state index in [0.29, 0.717) is 12.1 Å². The number of aliphatic carboxylic acids is 1. The van der Waals surface area contributed by atoms with Crippen molar-refractivity contribution in [2.75, 3.05) is 26.2 Å². The number of carboxylic acids is 1. The lowest BCUT2D eigenvalue weighted by molar-refractivity contribution is -0.158. The van der Waals surface area contributed by atoms with Gasteiger partial charge in [-0.1, -0.05) is 0 Å². The standard InChI is InChI=1S/C14H21N3O3/c18-12(19)9-3-14(4-9)5-10(6-14)17-8-11-7-15-1-2-16(11)13(17)20/h9-11,15H,1-8H2,(H,18,19)/t9?,10?,11-,14?/m0/s1. The number of nitrogens with one attached hydrogen (secondary N) is 1. The van der Waals surface area contributed by atoms with Gasteiger partial charge in [0, 0.05) is 32.2 Å². The summed E-state index contributed by atoms with van der Waals surface area (Å²) in [7, 11) is 0. The molecule has 2 aliphatic heterocycles. The molecule has 4 fully saturated rings. The van der Waals surface area contributed by atoms with Gasteiger partial charge in [-0.3, -0.25) is 4.79 Å². The van der Waals surface area contributed by atoms with Gasteiger partial charge in [0.1, 0.15) is 0 Å². The van der Waals surface area contributed by atoms with Gasteiger partial charge < -0.3 is 20.2 Å². The lowest BCUT2D eigenvalue weighted by Gasteiger charge is -2.58. The molecule has 6 nitrogen and oxygen atoms in total. The number of urea groups is 1. The molecular weight excluding hydrogens is 258 g/mol. The molecular formula is C14H21N3O3. The number of amides is 2. The molecule has 0 radical (unpaired) electrons. The molecule has 20 heavy (non-hydrogen) atoms. The van der Waals surface area contributed by atoms with E-state index >= 15 is 0 Å². The minimum atomic E-state index is -0.653. The van der Waals surface area contributed by atoms with Crippen molar-refractivity contribution in [1.29, 1.82) is 0 Å². The maximum atomic E-state index is 12.4. The summed E-state index contributed by atoms with van der Waals surface area (Å²) < 4.78 is 0. The van der Waals surface area contributed by atoms with Crippen LogP contribution in [0.1, 0.15) is 25.7 Å². The van der Waals surface area contributed by atoms with Gasteiger partial charge in [-0.15, -0.1) is 0 Å². The normalized spacial score (nSPS) is 43.2. The van der Waals surface area contributed by atoms with E-state index in [1.54, 1.807) is 0 Å². The number of piperazine rings is 1. The van der Waals surface area contributed by atoms with Crippen molar-refractivity contribution in [3.63, 3.8) is 0 Å². The Morgan fingerprint density at radius 2 is 1.95 bits per heavy atom. The highest BCUT2D eigenvalue weighted by Crippen LogP contribution is 2.60. The van der Waals surface area contributed by atoms with Gasteiger partial charge in [0.05, 0.1) is 12.0 Å². The van der Waals surface area contributed by atoms with E-state index in [1.165, 1.54) is 0 Å². The number of hydrogen-bond acceptors (Lipinski definition) is 3. The first-order chi connectivity index (χ1) is 9.58. The fourth-order valence-electron chi connectivity index (χ4n) is 4.61. The van der Waals surface area contributed by atoms with E-state index in [-0.39, 0.29) is 17.4 Å². The first kappa shape index (κ1) is 12.4. The molecule has 2 heterocycles. The van der Waals surface area contributed by atoms with Gasteiger partial charge in [-0.25, -0.2) is 4.79 Å². The van der Waals surface area contributed by atoms with Crippen LogP contribution in [-0.4, -0.2) is 65.2 Å². The third-order valence-corrected chi connectivity index (χ3v) is 5.74. The maximum absolute atomic E-state index is 12.4. The highest BCUT2D eigenvalue weighted by Gasteiger charge is 2.58. The van der Waals surface area contributed by atoms with Crippen LogP contribution in [0.25, 0.3) is 0 Å². The molecule has 1 spiro atoms. The van der Waals surface area contributed by atoms with Gasteiger partial charge in [-0.2, -0.15) is 0 Å². The molecule has 1 atom stereocenters. The topological polar surface area (TPSA) is 72.9 Å². The van der Waals surface area contributed by atoms with Gasteiger partial charge >= 0.3 is 12.0 Å². The smallest absolute Gasteiger partial charge is 0.320 e. The Hall–Kier alpha value is -1.30. The number of rotatable bonds is 2. The molecule has 0 aromatic rings. The predicted octanol–water partition coefficient (Wildman–Crippen LogP) is 0.339. The van der Waals surface area contributed by atoms with Crippen LogP contribution >= 0.6 is 0 Å². The average Bonchev–Trinajstić information content (AvgIpc) is 2.64. The van der Waals surface area contributed by atoms with Crippen LogP contribution in [0.2, 0.25) is 0 Å². The number of fused-ring (bicyclic) bond motifs is 1. The SMILES string of the molecule is O=C(O)C1CC2(C1)CC(N1C[C@@H]3CNCCN3C1=O)C2. The second-order valence-electron chi connectivity index (χ2n) is 6.99. The predicted molar refractivity (Wildman–Crippen MR) is 71.3 cm³/mol. The van der Waals surface area contributed by atoms with Crippen molar-refractivity contribution < 1.29 is 14.7 Å². The summed E-state index contributed by atoms with van der Waals surface area (Å²) in [5.74, 6) is -0.791. The summed E-state index contributed by atoms with van der Waals surface area (Å²) in [6.07, 6.45) is 3.65. The molecule has 2 saturated carbocycles. The number of nitrogens with zero attached hydrogens (tertiary/aromatic N) is 2. The number of carbonyl (C=O) groups is 2. The molecule has 4 rings (SSSR count). The Morgan fingerprint density at radius 1 is 1.20 bits per heavy atom. The summed E-state index contributed by atoms with van der Waals surface area (Å²) in [6.45, 7) is 3.46. The van der Waals surface area contributed by atoms with Crippen molar-refractivity contribution in [3.05, 3.63) is 0 Å². The van der Waals surface area contributed by atoms with E-state index in [2.05, 4.69) is 5.32 Å². The minimum absolute atomic E-state index is 0.138. The van der Waals surface area contributed by atoms with Gasteiger partial charge in [0.25, 0.3) is 0 Å². The lowest BCUT2D eigenvalue weighted by Crippen LogP contribution is -2.58. The Balaban J connectivity index is 1.35. The van der Waals surface area contributed by atoms with Crippen molar-refractivity contribution in [2.45, 2.75) is 37.8 Å². The fourth-order valence-corrected chi connectivity index (χ4v) is 4.61. The second kappa shape index (κ2) is 4.10. The van der Waals surface area contributed by atoms with Crippen LogP contribution in [0.3, 0.4) is 0 Å². The van der Waals surface area contributed by atoms with Crippen LogP contribution in [0.4, 0.5) is 4.79 Å². The largest absolute Gasteiger partial charge is 0.481 e. The van der Waals surface area contributed by atoms with E-state index in [1.807, 2.05) is 9.80 Å². The Morgan fingerprint density at radius 3 is 2.60 bits per heavy atom. The van der Waals surface area contributed by atoms with Gasteiger partial charge in [0.15, 0.2) is 0 Å². The molecule has 0 bridgehead atoms. The molecule has 2 saturated heterocycles. The second-order valence-corrected chi connectivity index (χ2v) is 6.99. The van der Waals surface area contributed by atoms with Crippen LogP contribution in [0.5, 0.6) is 0 Å². The van der Waals surface area contributed by atoms with Crippen LogP contribution in [-0.2, 0) is 4.79 Å². The van der Waals surface area contributed by atoms with Crippen molar-refractivity contribution in [2.24, 2.45) is 11.3 Å². The third kappa shape index (κ3) is 1.67. The molecule has 110 valence electrons. The van der Waals surface area contributed by atoms with E-state index in [4.69, 9.17) is 5.11 Å². The molecule has 0 unspecified atom stereocenters. The first-order valence-electron chi connectivity index (χ1n) is 7.59. The van der Waals surface area contributed by atoms with Crippen molar-refractivity contribution >= 4 is 12.0 Å². The van der Waals surface area contributed by atoms with Gasteiger partial charge in [-0.05, 0) is 31.1 Å². The Kier molecular flexibility index (Phi) is 2.55. The summed E-state index contributed by atoms with van der Waals surface area (Å²) in [6, 6.07) is 0.884. The Labute approximate surface area is 118 Å². The summed E-state index contributed by atoms with van der Waals surface area (Å²) >= 11 is 0. The van der Waals surface area contributed by atoms with Crippen LogP contribution < -0.4 is 5.32 Å². The monoisotopic (exact) mass is 279 g/mol. The van der Waals surface area contributed by atoms with E-state index in [0.717, 1.165) is 51.9 Å². The van der Waals surface area contributed by atoms with Crippen LogP contribution in [0, 0.1) is 11.3 Å². The summed E-state index contributed by atoms with van der Waals surface area (Å²) in [4.78, 5) is 27.3. The lowest BCUT2D eigenvalue weighted by atomic mass is 9.50. The molecule has 2 aliphatic carbocycles. The molecule has 4 aliphatic rings. The zero-order valence-electron chi connectivity index (χ0n) is 11.5. The first-order valence-corrected chi connectivity index (χ1v) is 7.59. The van der Waals surface area contributed by atoms with Gasteiger partial charge in [0.2, 0.25) is 0 Å². The number of hydrogen-bond donors (Lipinski definition) is 2. The van der Waals surface area contributed by atoms with E-state index < -0.39 is 5.97 Å².